The third-order valence-electron chi connectivity index (χ3n) is 5.04. The van der Waals surface area contributed by atoms with Crippen molar-refractivity contribution in [2.45, 2.75) is 26.2 Å². The molecule has 1 aliphatic carbocycles. The van der Waals surface area contributed by atoms with Gasteiger partial charge in [0.15, 0.2) is 23.1 Å². The molecule has 0 spiro atoms. The number of alkyl halides is 1. The maximum atomic E-state index is 15.1. The standard InChI is InChI=1S/C20H22BrFO5S/c1-11(19(24)26-3)6-13(23)16-7-12-15(28-16)8-14(25-2)18(17(12)22)27-10-20(9-21)4-5-20/h7-8,11H,4-6,9-10H2,1-3H3. The Morgan fingerprint density at radius 3 is 2.61 bits per heavy atom. The Hall–Kier alpha value is -1.67. The van der Waals surface area contributed by atoms with Gasteiger partial charge in [0.25, 0.3) is 0 Å². The Morgan fingerprint density at radius 1 is 1.32 bits per heavy atom. The Kier molecular flexibility index (Phi) is 6.29. The summed E-state index contributed by atoms with van der Waals surface area (Å²) in [6.45, 7) is 2.04. The minimum absolute atomic E-state index is 0.00930. The number of ether oxygens (including phenoxy) is 3. The van der Waals surface area contributed by atoms with Crippen LogP contribution in [0, 0.1) is 17.2 Å². The van der Waals surface area contributed by atoms with Crippen molar-refractivity contribution >= 4 is 49.1 Å². The number of hydrogen-bond donors (Lipinski definition) is 0. The lowest BCUT2D eigenvalue weighted by molar-refractivity contribution is -0.144. The molecule has 5 nitrogen and oxygen atoms in total. The Balaban J connectivity index is 1.87. The lowest BCUT2D eigenvalue weighted by atomic mass is 10.0. The van der Waals surface area contributed by atoms with Gasteiger partial charge in [-0.3, -0.25) is 9.59 Å². The minimum Gasteiger partial charge on any atom is -0.493 e. The summed E-state index contributed by atoms with van der Waals surface area (Å²) < 4.78 is 31.5. The van der Waals surface area contributed by atoms with Crippen molar-refractivity contribution < 1.29 is 28.2 Å². The zero-order valence-corrected chi connectivity index (χ0v) is 18.4. The summed E-state index contributed by atoms with van der Waals surface area (Å²) in [5.74, 6) is -1.38. The first-order chi connectivity index (χ1) is 13.3. The lowest BCUT2D eigenvalue weighted by Crippen LogP contribution is -2.16. The molecule has 1 fully saturated rings. The average Bonchev–Trinajstić information content (AvgIpc) is 3.35. The second-order valence-electron chi connectivity index (χ2n) is 7.22. The van der Waals surface area contributed by atoms with E-state index in [0.29, 0.717) is 27.3 Å². The number of fused-ring (bicyclic) bond motifs is 1. The molecule has 1 aromatic carbocycles. The highest BCUT2D eigenvalue weighted by Crippen LogP contribution is 2.48. The smallest absolute Gasteiger partial charge is 0.308 e. The van der Waals surface area contributed by atoms with Crippen LogP contribution in [0.2, 0.25) is 0 Å². The molecular weight excluding hydrogens is 451 g/mol. The number of carbonyl (C=O) groups excluding carboxylic acids is 2. The van der Waals surface area contributed by atoms with E-state index < -0.39 is 17.7 Å². The minimum atomic E-state index is -0.556. The van der Waals surface area contributed by atoms with Crippen molar-refractivity contribution in [1.29, 1.82) is 0 Å². The van der Waals surface area contributed by atoms with E-state index in [-0.39, 0.29) is 23.4 Å². The highest BCUT2D eigenvalue weighted by molar-refractivity contribution is 9.09. The quantitative estimate of drug-likeness (QED) is 0.292. The van der Waals surface area contributed by atoms with Crippen molar-refractivity contribution in [2.24, 2.45) is 11.3 Å². The number of benzene rings is 1. The number of halogens is 2. The second-order valence-corrected chi connectivity index (χ2v) is 8.86. The van der Waals surface area contributed by atoms with Crippen molar-refractivity contribution in [3.63, 3.8) is 0 Å². The number of Topliss-reactive ketones (excluding diaryl/α,β-unsaturated/α-hetero) is 1. The molecule has 0 N–H and O–H groups in total. The molecular formula is C20H22BrFO5S. The fraction of sp³-hybridized carbons (Fsp3) is 0.500. The molecule has 0 radical (unpaired) electrons. The van der Waals surface area contributed by atoms with Crippen molar-refractivity contribution in [3.8, 4) is 11.5 Å². The van der Waals surface area contributed by atoms with Crippen LogP contribution in [-0.4, -0.2) is 37.9 Å². The summed E-state index contributed by atoms with van der Waals surface area (Å²) in [4.78, 5) is 24.5. The monoisotopic (exact) mass is 472 g/mol. The normalized spacial score (nSPS) is 15.9. The molecule has 1 heterocycles. The van der Waals surface area contributed by atoms with E-state index in [4.69, 9.17) is 9.47 Å². The van der Waals surface area contributed by atoms with Crippen LogP contribution in [0.1, 0.15) is 35.9 Å². The molecule has 1 atom stereocenters. The Labute approximate surface area is 175 Å². The fourth-order valence-corrected chi connectivity index (χ4v) is 4.66. The summed E-state index contributed by atoms with van der Waals surface area (Å²) in [6.07, 6.45) is 2.09. The molecule has 152 valence electrons. The fourth-order valence-electron chi connectivity index (χ4n) is 2.90. The molecule has 3 rings (SSSR count). The van der Waals surface area contributed by atoms with Crippen LogP contribution >= 0.6 is 27.3 Å². The molecule has 1 saturated carbocycles. The second kappa shape index (κ2) is 8.37. The van der Waals surface area contributed by atoms with Gasteiger partial charge in [0.05, 0.1) is 31.6 Å². The van der Waals surface area contributed by atoms with Gasteiger partial charge in [-0.15, -0.1) is 11.3 Å². The van der Waals surface area contributed by atoms with E-state index >= 15 is 4.39 Å². The molecule has 0 saturated heterocycles. The van der Waals surface area contributed by atoms with Crippen LogP contribution < -0.4 is 9.47 Å². The van der Waals surface area contributed by atoms with Gasteiger partial charge in [-0.1, -0.05) is 22.9 Å². The molecule has 28 heavy (non-hydrogen) atoms. The highest BCUT2D eigenvalue weighted by Gasteiger charge is 2.42. The largest absolute Gasteiger partial charge is 0.493 e. The molecule has 0 aliphatic heterocycles. The van der Waals surface area contributed by atoms with Gasteiger partial charge in [-0.2, -0.15) is 0 Å². The van der Waals surface area contributed by atoms with E-state index in [1.54, 1.807) is 13.0 Å². The van der Waals surface area contributed by atoms with Crippen LogP contribution in [0.3, 0.4) is 0 Å². The average molecular weight is 473 g/mol. The van der Waals surface area contributed by atoms with E-state index in [1.165, 1.54) is 31.6 Å². The number of rotatable bonds is 9. The van der Waals surface area contributed by atoms with Gasteiger partial charge in [0.2, 0.25) is 0 Å². The first-order valence-corrected chi connectivity index (χ1v) is 10.9. The van der Waals surface area contributed by atoms with Crippen molar-refractivity contribution in [1.82, 2.24) is 0 Å². The van der Waals surface area contributed by atoms with E-state index in [9.17, 15) is 9.59 Å². The van der Waals surface area contributed by atoms with E-state index in [1.807, 2.05) is 0 Å². The molecule has 2 aromatic rings. The zero-order valence-electron chi connectivity index (χ0n) is 16.0. The van der Waals surface area contributed by atoms with Crippen LogP contribution in [0.5, 0.6) is 11.5 Å². The third-order valence-corrected chi connectivity index (χ3v) is 7.35. The predicted octanol–water partition coefficient (Wildman–Crippen LogP) is 4.98. The number of thiophene rings is 1. The van der Waals surface area contributed by atoms with Crippen molar-refractivity contribution in [2.75, 3.05) is 26.2 Å². The SMILES string of the molecule is COC(=O)C(C)CC(=O)c1cc2c(F)c(OCC3(CBr)CC3)c(OC)cc2s1. The van der Waals surface area contributed by atoms with Crippen LogP contribution in [0.4, 0.5) is 4.39 Å². The maximum Gasteiger partial charge on any atom is 0.308 e. The van der Waals surface area contributed by atoms with Crippen molar-refractivity contribution in [3.05, 3.63) is 22.8 Å². The summed E-state index contributed by atoms with van der Waals surface area (Å²) >= 11 is 4.66. The summed E-state index contributed by atoms with van der Waals surface area (Å²) in [5.41, 5.74) is 0.0617. The van der Waals surface area contributed by atoms with E-state index in [2.05, 4.69) is 20.7 Å². The first kappa shape index (κ1) is 21.0. The van der Waals surface area contributed by atoms with Gasteiger partial charge in [0, 0.05) is 33.3 Å². The van der Waals surface area contributed by atoms with Gasteiger partial charge in [-0.25, -0.2) is 4.39 Å². The highest BCUT2D eigenvalue weighted by atomic mass is 79.9. The molecule has 0 bridgehead atoms. The number of esters is 1. The molecule has 1 aliphatic rings. The Bertz CT molecular complexity index is 906. The number of carbonyl (C=O) groups is 2. The van der Waals surface area contributed by atoms with Gasteiger partial charge >= 0.3 is 5.97 Å². The maximum absolute atomic E-state index is 15.1. The number of ketones is 1. The molecule has 1 unspecified atom stereocenters. The summed E-state index contributed by atoms with van der Waals surface area (Å²) in [7, 11) is 2.75. The van der Waals surface area contributed by atoms with E-state index in [0.717, 1.165) is 18.2 Å². The molecule has 1 aromatic heterocycles. The van der Waals surface area contributed by atoms with Gasteiger partial charge in [-0.05, 0) is 18.9 Å². The zero-order chi connectivity index (χ0) is 20.5. The molecule has 0 amide bonds. The Morgan fingerprint density at radius 2 is 2.04 bits per heavy atom. The van der Waals surface area contributed by atoms with Crippen LogP contribution in [-0.2, 0) is 9.53 Å². The topological polar surface area (TPSA) is 61.8 Å². The third kappa shape index (κ3) is 4.17. The van der Waals surface area contributed by atoms with Gasteiger partial charge < -0.3 is 14.2 Å². The number of methoxy groups -OCH3 is 2. The first-order valence-electron chi connectivity index (χ1n) is 8.94. The molecule has 8 heteroatoms. The van der Waals surface area contributed by atoms with Crippen LogP contribution in [0.25, 0.3) is 10.1 Å². The number of hydrogen-bond acceptors (Lipinski definition) is 6. The summed E-state index contributed by atoms with van der Waals surface area (Å²) in [6, 6.07) is 3.21. The lowest BCUT2D eigenvalue weighted by Gasteiger charge is -2.16. The van der Waals surface area contributed by atoms with Crippen LogP contribution in [0.15, 0.2) is 12.1 Å². The summed E-state index contributed by atoms with van der Waals surface area (Å²) in [5, 5.41) is 1.13. The van der Waals surface area contributed by atoms with Gasteiger partial charge in [0.1, 0.15) is 0 Å². The predicted molar refractivity (Wildman–Crippen MR) is 109 cm³/mol.